The third kappa shape index (κ3) is 5.21. The van der Waals surface area contributed by atoms with Crippen LogP contribution < -0.4 is 10.2 Å². The molecule has 0 aliphatic rings. The van der Waals surface area contributed by atoms with Crippen molar-refractivity contribution < 1.29 is 9.53 Å². The third-order valence-electron chi connectivity index (χ3n) is 3.29. The Balaban J connectivity index is 1.89. The van der Waals surface area contributed by atoms with Gasteiger partial charge in [-0.05, 0) is 49.1 Å². The number of hydrogen-bond donors (Lipinski definition) is 1. The fourth-order valence-corrected chi connectivity index (χ4v) is 2.86. The van der Waals surface area contributed by atoms with Gasteiger partial charge in [0.05, 0.1) is 6.21 Å². The molecule has 1 amide bonds. The molecule has 1 heterocycles. The fourth-order valence-electron chi connectivity index (χ4n) is 2.11. The minimum Gasteiger partial charge on any atom is -0.483 e. The number of hydrazone groups is 1. The molecule has 1 aromatic carbocycles. The molecule has 0 bridgehead atoms. The van der Waals surface area contributed by atoms with Crippen LogP contribution in [0.2, 0.25) is 0 Å². The van der Waals surface area contributed by atoms with E-state index in [2.05, 4.69) is 30.4 Å². The van der Waals surface area contributed by atoms with E-state index >= 15 is 0 Å². The van der Waals surface area contributed by atoms with Crippen LogP contribution in [0.5, 0.6) is 5.75 Å². The SMILES string of the molecule is Cc1ccc(C(C)C)c(OCC(=O)N/N=C/c2ccc(C)s2)c1. The summed E-state index contributed by atoms with van der Waals surface area (Å²) >= 11 is 1.62. The van der Waals surface area contributed by atoms with Crippen LogP contribution in [0, 0.1) is 13.8 Å². The van der Waals surface area contributed by atoms with Crippen LogP contribution in [-0.4, -0.2) is 18.7 Å². The topological polar surface area (TPSA) is 50.7 Å². The minimum absolute atomic E-state index is 0.0516. The van der Waals surface area contributed by atoms with Crippen LogP contribution >= 0.6 is 11.3 Å². The predicted molar refractivity (Wildman–Crippen MR) is 95.6 cm³/mol. The lowest BCUT2D eigenvalue weighted by atomic mass is 10.0. The number of thiophene rings is 1. The first-order valence-electron chi connectivity index (χ1n) is 7.57. The van der Waals surface area contributed by atoms with Gasteiger partial charge >= 0.3 is 0 Å². The van der Waals surface area contributed by atoms with Crippen molar-refractivity contribution in [2.75, 3.05) is 6.61 Å². The fraction of sp³-hybridized carbons (Fsp3) is 0.333. The highest BCUT2D eigenvalue weighted by Crippen LogP contribution is 2.27. The van der Waals surface area contributed by atoms with Crippen LogP contribution in [0.15, 0.2) is 35.4 Å². The summed E-state index contributed by atoms with van der Waals surface area (Å²) in [5, 5.41) is 3.95. The van der Waals surface area contributed by atoms with Crippen molar-refractivity contribution in [3.63, 3.8) is 0 Å². The monoisotopic (exact) mass is 330 g/mol. The summed E-state index contributed by atoms with van der Waals surface area (Å²) in [6.07, 6.45) is 1.64. The zero-order valence-corrected chi connectivity index (χ0v) is 14.7. The largest absolute Gasteiger partial charge is 0.483 e. The zero-order chi connectivity index (χ0) is 16.8. The first kappa shape index (κ1) is 17.2. The van der Waals surface area contributed by atoms with E-state index in [0.717, 1.165) is 21.8 Å². The predicted octanol–water partition coefficient (Wildman–Crippen LogP) is 4.02. The molecule has 0 saturated heterocycles. The Kier molecular flexibility index (Phi) is 5.93. The number of nitrogens with zero attached hydrogens (tertiary/aromatic N) is 1. The molecule has 0 radical (unpaired) electrons. The molecule has 0 aliphatic carbocycles. The van der Waals surface area contributed by atoms with E-state index in [1.54, 1.807) is 17.6 Å². The number of nitrogens with one attached hydrogen (secondary N) is 1. The Labute approximate surface area is 141 Å². The van der Waals surface area contributed by atoms with Gasteiger partial charge in [0.2, 0.25) is 0 Å². The molecule has 0 fully saturated rings. The lowest BCUT2D eigenvalue weighted by molar-refractivity contribution is -0.123. The molecule has 4 nitrogen and oxygen atoms in total. The van der Waals surface area contributed by atoms with E-state index in [0.29, 0.717) is 5.92 Å². The molecule has 2 rings (SSSR count). The van der Waals surface area contributed by atoms with E-state index in [1.807, 2.05) is 38.1 Å². The second-order valence-electron chi connectivity index (χ2n) is 5.73. The van der Waals surface area contributed by atoms with Crippen LogP contribution in [0.4, 0.5) is 0 Å². The lowest BCUT2D eigenvalue weighted by Gasteiger charge is -2.14. The molecule has 0 unspecified atom stereocenters. The number of rotatable bonds is 6. The van der Waals surface area contributed by atoms with Crippen molar-refractivity contribution in [1.29, 1.82) is 0 Å². The van der Waals surface area contributed by atoms with E-state index in [4.69, 9.17) is 4.74 Å². The average molecular weight is 330 g/mol. The maximum absolute atomic E-state index is 11.8. The van der Waals surface area contributed by atoms with Crippen molar-refractivity contribution in [2.24, 2.45) is 5.10 Å². The summed E-state index contributed by atoms with van der Waals surface area (Å²) in [5.41, 5.74) is 4.69. The van der Waals surface area contributed by atoms with Gasteiger partial charge in [0.15, 0.2) is 6.61 Å². The van der Waals surface area contributed by atoms with Crippen molar-refractivity contribution >= 4 is 23.5 Å². The van der Waals surface area contributed by atoms with E-state index in [-0.39, 0.29) is 12.5 Å². The van der Waals surface area contributed by atoms with Gasteiger partial charge in [-0.25, -0.2) is 5.43 Å². The van der Waals surface area contributed by atoms with E-state index in [1.165, 1.54) is 4.88 Å². The average Bonchev–Trinajstić information content (AvgIpc) is 2.90. The number of aryl methyl sites for hydroxylation is 2. The van der Waals surface area contributed by atoms with Crippen molar-refractivity contribution in [3.05, 3.63) is 51.2 Å². The molecular formula is C18H22N2O2S. The Morgan fingerprint density at radius 3 is 2.74 bits per heavy atom. The van der Waals surface area contributed by atoms with Gasteiger partial charge in [-0.1, -0.05) is 26.0 Å². The van der Waals surface area contributed by atoms with Gasteiger partial charge < -0.3 is 4.74 Å². The molecule has 5 heteroatoms. The Hall–Kier alpha value is -2.14. The molecule has 0 saturated carbocycles. The quantitative estimate of drug-likeness (QED) is 0.642. The summed E-state index contributed by atoms with van der Waals surface area (Å²) in [5.74, 6) is 0.826. The highest BCUT2D eigenvalue weighted by atomic mass is 32.1. The van der Waals surface area contributed by atoms with E-state index < -0.39 is 0 Å². The summed E-state index contributed by atoms with van der Waals surface area (Å²) in [6.45, 7) is 8.19. The maximum Gasteiger partial charge on any atom is 0.277 e. The minimum atomic E-state index is -0.272. The first-order chi connectivity index (χ1) is 11.0. The smallest absolute Gasteiger partial charge is 0.277 e. The molecule has 0 atom stereocenters. The van der Waals surface area contributed by atoms with Crippen molar-refractivity contribution in [1.82, 2.24) is 5.43 Å². The molecule has 2 aromatic rings. The highest BCUT2D eigenvalue weighted by Gasteiger charge is 2.10. The second kappa shape index (κ2) is 7.92. The Morgan fingerprint density at radius 2 is 2.09 bits per heavy atom. The molecule has 1 N–H and O–H groups in total. The number of benzene rings is 1. The number of amides is 1. The van der Waals surface area contributed by atoms with Gasteiger partial charge in [-0.15, -0.1) is 11.3 Å². The van der Waals surface area contributed by atoms with Crippen LogP contribution in [0.25, 0.3) is 0 Å². The van der Waals surface area contributed by atoms with Gasteiger partial charge in [-0.3, -0.25) is 4.79 Å². The summed E-state index contributed by atoms with van der Waals surface area (Å²) < 4.78 is 5.66. The lowest BCUT2D eigenvalue weighted by Crippen LogP contribution is -2.24. The molecule has 1 aromatic heterocycles. The number of hydrogen-bond acceptors (Lipinski definition) is 4. The van der Waals surface area contributed by atoms with Gasteiger partial charge in [-0.2, -0.15) is 5.10 Å². The standard InChI is InChI=1S/C18H22N2O2S/c1-12(2)16-8-5-13(3)9-17(16)22-11-18(21)20-19-10-15-7-6-14(4)23-15/h5-10,12H,11H2,1-4H3,(H,20,21)/b19-10+. The molecule has 0 spiro atoms. The highest BCUT2D eigenvalue weighted by molar-refractivity contribution is 7.13. The van der Waals surface area contributed by atoms with Gasteiger partial charge in [0.1, 0.15) is 5.75 Å². The molecular weight excluding hydrogens is 308 g/mol. The van der Waals surface area contributed by atoms with Gasteiger partial charge in [0, 0.05) is 9.75 Å². The molecule has 0 aliphatic heterocycles. The number of ether oxygens (including phenoxy) is 1. The van der Waals surface area contributed by atoms with Crippen LogP contribution in [-0.2, 0) is 4.79 Å². The maximum atomic E-state index is 11.8. The molecule has 122 valence electrons. The molecule has 23 heavy (non-hydrogen) atoms. The van der Waals surface area contributed by atoms with Gasteiger partial charge in [0.25, 0.3) is 5.91 Å². The zero-order valence-electron chi connectivity index (χ0n) is 13.9. The van der Waals surface area contributed by atoms with Crippen LogP contribution in [0.1, 0.15) is 40.6 Å². The summed E-state index contributed by atoms with van der Waals surface area (Å²) in [7, 11) is 0. The third-order valence-corrected chi connectivity index (χ3v) is 4.23. The van der Waals surface area contributed by atoms with Crippen molar-refractivity contribution in [3.8, 4) is 5.75 Å². The second-order valence-corrected chi connectivity index (χ2v) is 7.05. The summed E-state index contributed by atoms with van der Waals surface area (Å²) in [4.78, 5) is 14.0. The van der Waals surface area contributed by atoms with E-state index in [9.17, 15) is 4.79 Å². The normalized spacial score (nSPS) is 11.2. The number of carbonyl (C=O) groups excluding carboxylic acids is 1. The Bertz CT molecular complexity index is 705. The summed E-state index contributed by atoms with van der Waals surface area (Å²) in [6, 6.07) is 10.0. The first-order valence-corrected chi connectivity index (χ1v) is 8.39. The van der Waals surface area contributed by atoms with Crippen molar-refractivity contribution in [2.45, 2.75) is 33.6 Å². The van der Waals surface area contributed by atoms with Crippen LogP contribution in [0.3, 0.4) is 0 Å². The Morgan fingerprint density at radius 1 is 1.30 bits per heavy atom. The number of carbonyl (C=O) groups is 1.